The van der Waals surface area contributed by atoms with Crippen molar-refractivity contribution in [3.05, 3.63) is 22.2 Å². The summed E-state index contributed by atoms with van der Waals surface area (Å²) in [6, 6.07) is 2.60. The average molecular weight is 355 g/mol. The Hall–Kier alpha value is -1.02. The number of nitrogens with two attached hydrogens (primary N) is 1. The summed E-state index contributed by atoms with van der Waals surface area (Å²) in [6.45, 7) is 1.50. The lowest BCUT2D eigenvalue weighted by molar-refractivity contribution is -0.144. The molecule has 0 aromatic heterocycles. The molecule has 0 aliphatic carbocycles. The van der Waals surface area contributed by atoms with Crippen LogP contribution >= 0.6 is 23.2 Å². The molecular formula is C12H16Cl2N2O4S. The van der Waals surface area contributed by atoms with Gasteiger partial charge in [0.25, 0.3) is 0 Å². The maximum absolute atomic E-state index is 12.5. The van der Waals surface area contributed by atoms with E-state index < -0.39 is 21.9 Å². The van der Waals surface area contributed by atoms with Gasteiger partial charge in [-0.2, -0.15) is 4.31 Å². The molecule has 9 heteroatoms. The fourth-order valence-electron chi connectivity index (χ4n) is 1.77. The highest BCUT2D eigenvalue weighted by molar-refractivity contribution is 7.89. The van der Waals surface area contributed by atoms with Crippen LogP contribution in [0.3, 0.4) is 0 Å². The minimum Gasteiger partial charge on any atom is -0.469 e. The molecule has 0 radical (unpaired) electrons. The summed E-state index contributed by atoms with van der Waals surface area (Å²) in [5.74, 6) is -1.13. The Morgan fingerprint density at radius 2 is 2.00 bits per heavy atom. The number of esters is 1. The van der Waals surface area contributed by atoms with E-state index >= 15 is 0 Å². The normalized spacial score (nSPS) is 13.2. The number of halogens is 2. The van der Waals surface area contributed by atoms with Crippen LogP contribution < -0.4 is 5.73 Å². The van der Waals surface area contributed by atoms with Gasteiger partial charge in [-0.1, -0.05) is 30.1 Å². The first-order chi connectivity index (χ1) is 9.61. The predicted molar refractivity (Wildman–Crippen MR) is 81.9 cm³/mol. The zero-order chi connectivity index (χ0) is 16.4. The molecule has 0 saturated heterocycles. The smallest absolute Gasteiger partial charge is 0.309 e. The van der Waals surface area contributed by atoms with Gasteiger partial charge >= 0.3 is 5.97 Å². The van der Waals surface area contributed by atoms with Gasteiger partial charge in [0.15, 0.2) is 0 Å². The molecule has 0 spiro atoms. The minimum absolute atomic E-state index is 0.0509. The first-order valence-electron chi connectivity index (χ1n) is 5.90. The van der Waals surface area contributed by atoms with E-state index in [9.17, 15) is 13.2 Å². The number of nitrogens with zero attached hydrogens (tertiary/aromatic N) is 1. The topological polar surface area (TPSA) is 89.7 Å². The summed E-state index contributed by atoms with van der Waals surface area (Å²) in [5.41, 5.74) is 5.65. The van der Waals surface area contributed by atoms with Crippen LogP contribution in [-0.2, 0) is 19.6 Å². The summed E-state index contributed by atoms with van der Waals surface area (Å²) >= 11 is 11.7. The number of nitrogen functional groups attached to an aromatic ring is 1. The van der Waals surface area contributed by atoms with Gasteiger partial charge in [0.05, 0.1) is 23.7 Å². The van der Waals surface area contributed by atoms with E-state index in [2.05, 4.69) is 4.74 Å². The van der Waals surface area contributed by atoms with Gasteiger partial charge in [-0.25, -0.2) is 8.42 Å². The maximum Gasteiger partial charge on any atom is 0.309 e. The third-order valence-electron chi connectivity index (χ3n) is 2.84. The zero-order valence-corrected chi connectivity index (χ0v) is 14.1. The number of ether oxygens (including phenoxy) is 1. The zero-order valence-electron chi connectivity index (χ0n) is 11.8. The Morgan fingerprint density at radius 3 is 2.48 bits per heavy atom. The van der Waals surface area contributed by atoms with E-state index in [-0.39, 0.29) is 27.2 Å². The molecule has 0 heterocycles. The highest BCUT2D eigenvalue weighted by Gasteiger charge is 2.29. The van der Waals surface area contributed by atoms with Gasteiger partial charge in [-0.3, -0.25) is 4.79 Å². The first kappa shape index (κ1) is 18.0. The third kappa shape index (κ3) is 4.00. The van der Waals surface area contributed by atoms with Crippen LogP contribution in [-0.4, -0.2) is 39.4 Å². The fourth-order valence-corrected chi connectivity index (χ4v) is 3.96. The molecule has 0 fully saturated rings. The standard InChI is InChI=1S/C12H16Cl2N2O4S/c1-7(12(17)20-3)6-16(2)21(18,19)11-9(14)4-8(13)5-10(11)15/h4-5,7H,6,15H2,1-3H3. The number of methoxy groups -OCH3 is 1. The number of benzene rings is 1. The number of sulfonamides is 1. The second kappa shape index (κ2) is 6.83. The van der Waals surface area contributed by atoms with Crippen molar-refractivity contribution in [3.8, 4) is 0 Å². The van der Waals surface area contributed by atoms with Crippen LogP contribution in [0.15, 0.2) is 17.0 Å². The molecule has 1 rings (SSSR count). The van der Waals surface area contributed by atoms with Crippen molar-refractivity contribution in [3.63, 3.8) is 0 Å². The fraction of sp³-hybridized carbons (Fsp3) is 0.417. The van der Waals surface area contributed by atoms with Crippen LogP contribution in [0.1, 0.15) is 6.92 Å². The minimum atomic E-state index is -3.94. The van der Waals surface area contributed by atoms with Crippen LogP contribution in [0.2, 0.25) is 10.0 Å². The molecule has 2 N–H and O–H groups in total. The van der Waals surface area contributed by atoms with E-state index in [4.69, 9.17) is 28.9 Å². The van der Waals surface area contributed by atoms with Crippen molar-refractivity contribution < 1.29 is 17.9 Å². The van der Waals surface area contributed by atoms with Gasteiger partial charge in [0.2, 0.25) is 10.0 Å². The number of hydrogen-bond acceptors (Lipinski definition) is 5. The van der Waals surface area contributed by atoms with E-state index in [1.807, 2.05) is 0 Å². The molecule has 6 nitrogen and oxygen atoms in total. The van der Waals surface area contributed by atoms with Gasteiger partial charge in [0.1, 0.15) is 4.90 Å². The summed E-state index contributed by atoms with van der Waals surface area (Å²) in [5, 5.41) is 0.166. The second-order valence-corrected chi connectivity index (χ2v) is 7.34. The number of anilines is 1. The molecule has 0 aliphatic heterocycles. The number of hydrogen-bond donors (Lipinski definition) is 1. The largest absolute Gasteiger partial charge is 0.469 e. The van der Waals surface area contributed by atoms with Gasteiger partial charge in [-0.15, -0.1) is 0 Å². The van der Waals surface area contributed by atoms with E-state index in [0.29, 0.717) is 0 Å². The van der Waals surface area contributed by atoms with E-state index in [0.717, 1.165) is 4.31 Å². The van der Waals surface area contributed by atoms with Crippen molar-refractivity contribution >= 4 is 44.9 Å². The maximum atomic E-state index is 12.5. The van der Waals surface area contributed by atoms with Gasteiger partial charge in [0, 0.05) is 18.6 Å². The van der Waals surface area contributed by atoms with Crippen LogP contribution in [0.4, 0.5) is 5.69 Å². The number of carbonyl (C=O) groups excluding carboxylic acids is 1. The molecule has 0 saturated carbocycles. The Kier molecular flexibility index (Phi) is 5.86. The van der Waals surface area contributed by atoms with Crippen molar-refractivity contribution in [2.75, 3.05) is 26.4 Å². The van der Waals surface area contributed by atoms with E-state index in [1.54, 1.807) is 6.92 Å². The lowest BCUT2D eigenvalue weighted by Gasteiger charge is -2.21. The van der Waals surface area contributed by atoms with Crippen LogP contribution in [0.25, 0.3) is 0 Å². The molecule has 1 atom stereocenters. The predicted octanol–water partition coefficient (Wildman–Crippen LogP) is 2.01. The van der Waals surface area contributed by atoms with Crippen molar-refractivity contribution in [1.82, 2.24) is 4.31 Å². The summed E-state index contributed by atoms with van der Waals surface area (Å²) in [6.07, 6.45) is 0. The number of carbonyl (C=O) groups is 1. The Labute approximate surface area is 133 Å². The van der Waals surface area contributed by atoms with Crippen molar-refractivity contribution in [2.24, 2.45) is 5.92 Å². The highest BCUT2D eigenvalue weighted by Crippen LogP contribution is 2.33. The highest BCUT2D eigenvalue weighted by atomic mass is 35.5. The van der Waals surface area contributed by atoms with Gasteiger partial charge < -0.3 is 10.5 Å². The Balaban J connectivity index is 3.15. The quantitative estimate of drug-likeness (QED) is 0.645. The molecule has 0 amide bonds. The summed E-state index contributed by atoms with van der Waals surface area (Å²) in [4.78, 5) is 11.1. The average Bonchev–Trinajstić information content (AvgIpc) is 2.35. The Morgan fingerprint density at radius 1 is 1.43 bits per heavy atom. The van der Waals surface area contributed by atoms with Crippen molar-refractivity contribution in [1.29, 1.82) is 0 Å². The molecule has 0 bridgehead atoms. The van der Waals surface area contributed by atoms with Gasteiger partial charge in [-0.05, 0) is 12.1 Å². The lowest BCUT2D eigenvalue weighted by atomic mass is 10.2. The molecule has 1 unspecified atom stereocenters. The monoisotopic (exact) mass is 354 g/mol. The van der Waals surface area contributed by atoms with E-state index in [1.165, 1.54) is 26.3 Å². The third-order valence-corrected chi connectivity index (χ3v) is 5.41. The van der Waals surface area contributed by atoms with Crippen molar-refractivity contribution in [2.45, 2.75) is 11.8 Å². The molecule has 21 heavy (non-hydrogen) atoms. The Bertz CT molecular complexity index is 626. The SMILES string of the molecule is COC(=O)C(C)CN(C)S(=O)(=O)c1c(N)cc(Cl)cc1Cl. The first-order valence-corrected chi connectivity index (χ1v) is 8.09. The second-order valence-electron chi connectivity index (χ2n) is 4.52. The summed E-state index contributed by atoms with van der Waals surface area (Å²) < 4.78 is 30.6. The lowest BCUT2D eigenvalue weighted by Crippen LogP contribution is -2.34. The molecule has 118 valence electrons. The molecule has 0 aliphatic rings. The van der Waals surface area contributed by atoms with Crippen LogP contribution in [0, 0.1) is 5.92 Å². The molecule has 1 aromatic rings. The number of rotatable bonds is 5. The molecular weight excluding hydrogens is 339 g/mol. The molecule has 1 aromatic carbocycles. The summed E-state index contributed by atoms with van der Waals surface area (Å²) in [7, 11) is -1.37. The van der Waals surface area contributed by atoms with Crippen LogP contribution in [0.5, 0.6) is 0 Å².